The van der Waals surface area contributed by atoms with E-state index < -0.39 is 0 Å². The predicted octanol–water partition coefficient (Wildman–Crippen LogP) is 1.51. The van der Waals surface area contributed by atoms with Crippen molar-refractivity contribution >= 4 is 0 Å². The third-order valence-electron chi connectivity index (χ3n) is 4.67. The minimum atomic E-state index is 0.468. The number of rotatable bonds is 1. The molecule has 3 heterocycles. The van der Waals surface area contributed by atoms with E-state index in [1.54, 1.807) is 0 Å². The molecule has 3 aliphatic heterocycles. The van der Waals surface area contributed by atoms with Gasteiger partial charge in [0, 0.05) is 37.4 Å². The zero-order valence-corrected chi connectivity index (χ0v) is 10.1. The average molecular weight is 224 g/mol. The molecular weight excluding hydrogens is 200 g/mol. The first kappa shape index (κ1) is 11.0. The first-order chi connectivity index (χ1) is 7.84. The minimum absolute atomic E-state index is 0.468. The van der Waals surface area contributed by atoms with Gasteiger partial charge in [-0.15, -0.1) is 0 Å². The largest absolute Gasteiger partial charge is 0.381 e. The summed E-state index contributed by atoms with van der Waals surface area (Å²) in [7, 11) is 0. The van der Waals surface area contributed by atoms with Gasteiger partial charge in [0.2, 0.25) is 0 Å². The lowest BCUT2D eigenvalue weighted by atomic mass is 9.94. The van der Waals surface area contributed by atoms with Gasteiger partial charge < -0.3 is 10.5 Å². The fourth-order valence-electron chi connectivity index (χ4n) is 4.04. The zero-order valence-electron chi connectivity index (χ0n) is 10.1. The molecule has 2 bridgehead atoms. The maximum absolute atomic E-state index is 6.13. The van der Waals surface area contributed by atoms with Gasteiger partial charge in [-0.1, -0.05) is 0 Å². The van der Waals surface area contributed by atoms with Crippen molar-refractivity contribution in [2.75, 3.05) is 13.2 Å². The topological polar surface area (TPSA) is 38.5 Å². The smallest absolute Gasteiger partial charge is 0.0480 e. The molecule has 0 amide bonds. The number of ether oxygens (including phenoxy) is 1. The molecule has 0 aromatic heterocycles. The lowest BCUT2D eigenvalue weighted by molar-refractivity contribution is 0.0636. The van der Waals surface area contributed by atoms with E-state index in [0.29, 0.717) is 6.04 Å². The number of hydrogen-bond donors (Lipinski definition) is 1. The van der Waals surface area contributed by atoms with Crippen LogP contribution in [0.25, 0.3) is 0 Å². The highest BCUT2D eigenvalue weighted by atomic mass is 16.5. The molecule has 0 saturated carbocycles. The normalized spacial score (nSPS) is 45.6. The van der Waals surface area contributed by atoms with Crippen molar-refractivity contribution in [1.82, 2.24) is 4.90 Å². The fraction of sp³-hybridized carbons (Fsp3) is 1.00. The Morgan fingerprint density at radius 3 is 2.38 bits per heavy atom. The van der Waals surface area contributed by atoms with Crippen LogP contribution in [0.3, 0.4) is 0 Å². The Kier molecular flexibility index (Phi) is 3.18. The third-order valence-corrected chi connectivity index (χ3v) is 4.67. The van der Waals surface area contributed by atoms with Crippen molar-refractivity contribution in [3.63, 3.8) is 0 Å². The SMILES string of the molecule is NC1CC2CCC(C1)N2C1CCCOCC1. The summed E-state index contributed by atoms with van der Waals surface area (Å²) >= 11 is 0. The Morgan fingerprint density at radius 2 is 1.62 bits per heavy atom. The van der Waals surface area contributed by atoms with E-state index in [1.165, 1.54) is 44.9 Å². The van der Waals surface area contributed by atoms with Gasteiger partial charge in [-0.3, -0.25) is 4.90 Å². The molecule has 3 nitrogen and oxygen atoms in total. The summed E-state index contributed by atoms with van der Waals surface area (Å²) in [6.45, 7) is 1.94. The van der Waals surface area contributed by atoms with Crippen molar-refractivity contribution in [2.45, 2.75) is 69.1 Å². The summed E-state index contributed by atoms with van der Waals surface area (Å²) in [6, 6.07) is 2.83. The van der Waals surface area contributed by atoms with Crippen LogP contribution in [0.5, 0.6) is 0 Å². The number of nitrogens with zero attached hydrogens (tertiary/aromatic N) is 1. The van der Waals surface area contributed by atoms with Crippen molar-refractivity contribution in [2.24, 2.45) is 5.73 Å². The van der Waals surface area contributed by atoms with Gasteiger partial charge in [0.1, 0.15) is 0 Å². The molecule has 3 atom stereocenters. The second kappa shape index (κ2) is 4.63. The molecule has 2 N–H and O–H groups in total. The Labute approximate surface area is 98.3 Å². The molecule has 0 aromatic rings. The second-order valence-electron chi connectivity index (χ2n) is 5.76. The Bertz CT molecular complexity index is 224. The van der Waals surface area contributed by atoms with Crippen LogP contribution in [0.2, 0.25) is 0 Å². The molecule has 3 saturated heterocycles. The van der Waals surface area contributed by atoms with Gasteiger partial charge >= 0.3 is 0 Å². The van der Waals surface area contributed by atoms with Gasteiger partial charge in [-0.2, -0.15) is 0 Å². The van der Waals surface area contributed by atoms with Gasteiger partial charge in [0.25, 0.3) is 0 Å². The summed E-state index contributed by atoms with van der Waals surface area (Å²) in [5, 5.41) is 0. The third kappa shape index (κ3) is 2.01. The van der Waals surface area contributed by atoms with Gasteiger partial charge in [0.15, 0.2) is 0 Å². The fourth-order valence-corrected chi connectivity index (χ4v) is 4.04. The molecule has 0 spiro atoms. The highest BCUT2D eigenvalue weighted by Gasteiger charge is 2.42. The summed E-state index contributed by atoms with van der Waals surface area (Å²) in [6.07, 6.45) is 9.05. The predicted molar refractivity (Wildman–Crippen MR) is 64.3 cm³/mol. The number of nitrogens with two attached hydrogens (primary N) is 1. The van der Waals surface area contributed by atoms with Crippen molar-refractivity contribution in [3.8, 4) is 0 Å². The van der Waals surface area contributed by atoms with E-state index in [0.717, 1.165) is 31.3 Å². The van der Waals surface area contributed by atoms with Gasteiger partial charge in [0.05, 0.1) is 0 Å². The molecule has 0 aliphatic carbocycles. The molecule has 3 aliphatic rings. The number of hydrogen-bond acceptors (Lipinski definition) is 3. The minimum Gasteiger partial charge on any atom is -0.381 e. The summed E-state index contributed by atoms with van der Waals surface area (Å²) in [5.74, 6) is 0. The van der Waals surface area contributed by atoms with Crippen LogP contribution in [-0.2, 0) is 4.74 Å². The zero-order chi connectivity index (χ0) is 11.0. The molecule has 16 heavy (non-hydrogen) atoms. The molecule has 3 unspecified atom stereocenters. The lowest BCUT2D eigenvalue weighted by Crippen LogP contribution is -2.52. The average Bonchev–Trinajstić information content (AvgIpc) is 2.49. The van der Waals surface area contributed by atoms with Crippen LogP contribution in [0.15, 0.2) is 0 Å². The van der Waals surface area contributed by atoms with Gasteiger partial charge in [-0.05, 0) is 44.9 Å². The Balaban J connectivity index is 1.69. The van der Waals surface area contributed by atoms with Crippen molar-refractivity contribution in [1.29, 1.82) is 0 Å². The van der Waals surface area contributed by atoms with E-state index in [9.17, 15) is 0 Å². The van der Waals surface area contributed by atoms with Crippen LogP contribution in [0.4, 0.5) is 0 Å². The second-order valence-corrected chi connectivity index (χ2v) is 5.76. The first-order valence-electron chi connectivity index (χ1n) is 6.95. The van der Waals surface area contributed by atoms with Crippen LogP contribution in [0.1, 0.15) is 44.9 Å². The van der Waals surface area contributed by atoms with Crippen LogP contribution in [-0.4, -0.2) is 42.3 Å². The molecule has 92 valence electrons. The quantitative estimate of drug-likeness (QED) is 0.734. The van der Waals surface area contributed by atoms with Crippen LogP contribution < -0.4 is 5.73 Å². The maximum atomic E-state index is 6.13. The summed E-state index contributed by atoms with van der Waals surface area (Å²) in [4.78, 5) is 2.82. The lowest BCUT2D eigenvalue weighted by Gasteiger charge is -2.42. The standard InChI is InChI=1S/C13H24N2O/c14-10-8-12-3-4-13(9-10)15(12)11-2-1-6-16-7-5-11/h10-13H,1-9,14H2. The Morgan fingerprint density at radius 1 is 0.875 bits per heavy atom. The van der Waals surface area contributed by atoms with E-state index in [4.69, 9.17) is 10.5 Å². The monoisotopic (exact) mass is 224 g/mol. The summed E-state index contributed by atoms with van der Waals surface area (Å²) in [5.41, 5.74) is 6.13. The summed E-state index contributed by atoms with van der Waals surface area (Å²) < 4.78 is 5.58. The van der Waals surface area contributed by atoms with E-state index in [2.05, 4.69) is 4.90 Å². The molecule has 3 fully saturated rings. The van der Waals surface area contributed by atoms with E-state index in [-0.39, 0.29) is 0 Å². The van der Waals surface area contributed by atoms with Crippen LogP contribution >= 0.6 is 0 Å². The molecule has 3 heteroatoms. The Hall–Kier alpha value is -0.120. The molecule has 0 radical (unpaired) electrons. The van der Waals surface area contributed by atoms with Crippen LogP contribution in [0, 0.1) is 0 Å². The van der Waals surface area contributed by atoms with E-state index in [1.807, 2.05) is 0 Å². The van der Waals surface area contributed by atoms with Gasteiger partial charge in [-0.25, -0.2) is 0 Å². The highest BCUT2D eigenvalue weighted by Crippen LogP contribution is 2.38. The molecular formula is C13H24N2O. The maximum Gasteiger partial charge on any atom is 0.0480 e. The highest BCUT2D eigenvalue weighted by molar-refractivity contribution is 4.99. The van der Waals surface area contributed by atoms with Crippen molar-refractivity contribution < 1.29 is 4.74 Å². The number of piperidine rings is 1. The first-order valence-corrected chi connectivity index (χ1v) is 6.95. The van der Waals surface area contributed by atoms with E-state index >= 15 is 0 Å². The molecule has 3 rings (SSSR count). The van der Waals surface area contributed by atoms with Crippen molar-refractivity contribution in [3.05, 3.63) is 0 Å². The number of fused-ring (bicyclic) bond motifs is 2. The molecule has 0 aromatic carbocycles.